The van der Waals surface area contributed by atoms with Crippen LogP contribution in [0.1, 0.15) is 17.0 Å². The van der Waals surface area contributed by atoms with Crippen LogP contribution in [0.3, 0.4) is 0 Å². The number of hydrogen-bond donors (Lipinski definition) is 1. The minimum Gasteiger partial charge on any atom is -0.379 e. The van der Waals surface area contributed by atoms with E-state index in [1.165, 1.54) is 12.1 Å². The van der Waals surface area contributed by atoms with Crippen LogP contribution in [-0.2, 0) is 12.7 Å². The van der Waals surface area contributed by atoms with Gasteiger partial charge in [-0.25, -0.2) is 4.63 Å². The van der Waals surface area contributed by atoms with Crippen molar-refractivity contribution in [2.24, 2.45) is 0 Å². The summed E-state index contributed by atoms with van der Waals surface area (Å²) < 4.78 is 43.0. The van der Waals surface area contributed by atoms with Gasteiger partial charge in [0.15, 0.2) is 0 Å². The van der Waals surface area contributed by atoms with Gasteiger partial charge in [-0.3, -0.25) is 0 Å². The fourth-order valence-electron chi connectivity index (χ4n) is 1.49. The smallest absolute Gasteiger partial charge is 0.379 e. The molecule has 1 aromatic heterocycles. The topological polar surface area (TPSA) is 51.0 Å². The first-order valence-corrected chi connectivity index (χ1v) is 5.64. The summed E-state index contributed by atoms with van der Waals surface area (Å²) in [7, 11) is 0. The zero-order valence-corrected chi connectivity index (χ0v) is 10.5. The Bertz CT molecular complexity index is 583. The van der Waals surface area contributed by atoms with Crippen LogP contribution in [0.5, 0.6) is 0 Å². The lowest BCUT2D eigenvalue weighted by molar-refractivity contribution is -0.136. The van der Waals surface area contributed by atoms with E-state index in [1.54, 1.807) is 6.92 Å². The molecular weight excluding hydrogens is 283 g/mol. The predicted molar refractivity (Wildman–Crippen MR) is 62.8 cm³/mol. The molecule has 0 spiro atoms. The van der Waals surface area contributed by atoms with Gasteiger partial charge in [-0.1, -0.05) is 21.9 Å². The van der Waals surface area contributed by atoms with E-state index in [9.17, 15) is 13.2 Å². The van der Waals surface area contributed by atoms with Gasteiger partial charge in [0.05, 0.1) is 12.1 Å². The maximum Gasteiger partial charge on any atom is 0.418 e. The number of alkyl halides is 3. The Kier molecular flexibility index (Phi) is 3.66. The first kappa shape index (κ1) is 13.7. The number of rotatable bonds is 3. The zero-order valence-electron chi connectivity index (χ0n) is 9.75. The van der Waals surface area contributed by atoms with Crippen molar-refractivity contribution in [2.45, 2.75) is 19.6 Å². The summed E-state index contributed by atoms with van der Waals surface area (Å²) >= 11 is 5.58. The van der Waals surface area contributed by atoms with E-state index in [-0.39, 0.29) is 17.3 Å². The number of benzene rings is 1. The second-order valence-corrected chi connectivity index (χ2v) is 4.27. The third-order valence-corrected chi connectivity index (χ3v) is 2.71. The number of aryl methyl sites for hydroxylation is 1. The summed E-state index contributed by atoms with van der Waals surface area (Å²) in [4.78, 5) is 0. The van der Waals surface area contributed by atoms with Crippen molar-refractivity contribution < 1.29 is 17.8 Å². The molecule has 0 radical (unpaired) electrons. The Labute approximate surface area is 111 Å². The molecule has 4 nitrogen and oxygen atoms in total. The van der Waals surface area contributed by atoms with Gasteiger partial charge >= 0.3 is 6.18 Å². The molecule has 0 aliphatic rings. The van der Waals surface area contributed by atoms with Crippen LogP contribution in [0, 0.1) is 6.92 Å². The lowest BCUT2D eigenvalue weighted by Crippen LogP contribution is -2.11. The minimum atomic E-state index is -4.48. The Morgan fingerprint density at radius 1 is 1.32 bits per heavy atom. The maximum absolute atomic E-state index is 12.8. The average Bonchev–Trinajstić information content (AvgIpc) is 2.72. The third-order valence-electron chi connectivity index (χ3n) is 2.48. The fourth-order valence-corrected chi connectivity index (χ4v) is 1.67. The van der Waals surface area contributed by atoms with Crippen molar-refractivity contribution in [3.05, 3.63) is 40.2 Å². The molecule has 0 aliphatic carbocycles. The van der Waals surface area contributed by atoms with E-state index in [0.717, 1.165) is 6.07 Å². The number of hydrogen-bond acceptors (Lipinski definition) is 4. The standard InChI is InChI=1S/C11H9ClF3N3O/c1-6-10(18-19-17-6)5-16-9-3-2-7(12)4-8(9)11(13,14)15/h2-4,16H,5H2,1H3. The Balaban J connectivity index is 2.23. The van der Waals surface area contributed by atoms with Gasteiger partial charge in [0.25, 0.3) is 0 Å². The van der Waals surface area contributed by atoms with Crippen molar-refractivity contribution in [1.82, 2.24) is 10.3 Å². The van der Waals surface area contributed by atoms with Crippen LogP contribution in [0.4, 0.5) is 18.9 Å². The number of anilines is 1. The quantitative estimate of drug-likeness (QED) is 0.937. The van der Waals surface area contributed by atoms with Crippen molar-refractivity contribution in [3.8, 4) is 0 Å². The van der Waals surface area contributed by atoms with E-state index in [4.69, 9.17) is 11.6 Å². The van der Waals surface area contributed by atoms with Gasteiger partial charge in [0.2, 0.25) is 0 Å². The van der Waals surface area contributed by atoms with Crippen LogP contribution < -0.4 is 5.32 Å². The van der Waals surface area contributed by atoms with Crippen molar-refractivity contribution in [2.75, 3.05) is 5.32 Å². The van der Waals surface area contributed by atoms with Crippen LogP contribution in [0.15, 0.2) is 22.8 Å². The number of aromatic nitrogens is 2. The number of halogens is 4. The molecule has 19 heavy (non-hydrogen) atoms. The van der Waals surface area contributed by atoms with Gasteiger partial charge < -0.3 is 5.32 Å². The zero-order chi connectivity index (χ0) is 14.0. The number of nitrogens with one attached hydrogen (secondary N) is 1. The summed E-state index contributed by atoms with van der Waals surface area (Å²) in [5.41, 5.74) is 0.0755. The van der Waals surface area contributed by atoms with Crippen LogP contribution in [0.2, 0.25) is 5.02 Å². The third kappa shape index (κ3) is 3.17. The fraction of sp³-hybridized carbons (Fsp3) is 0.273. The molecule has 0 saturated heterocycles. The first-order chi connectivity index (χ1) is 8.88. The molecule has 102 valence electrons. The molecule has 8 heteroatoms. The molecule has 0 bridgehead atoms. The molecule has 0 saturated carbocycles. The van der Waals surface area contributed by atoms with Crippen LogP contribution >= 0.6 is 11.6 Å². The molecule has 1 heterocycles. The minimum absolute atomic E-state index is 0.0251. The van der Waals surface area contributed by atoms with Gasteiger partial charge in [-0.15, -0.1) is 0 Å². The van der Waals surface area contributed by atoms with Crippen LogP contribution in [0.25, 0.3) is 0 Å². The molecule has 1 aromatic carbocycles. The van der Waals surface area contributed by atoms with E-state index in [1.807, 2.05) is 0 Å². The SMILES string of the molecule is Cc1nonc1CNc1ccc(Cl)cc1C(F)(F)F. The largest absolute Gasteiger partial charge is 0.418 e. The van der Waals surface area contributed by atoms with Crippen molar-refractivity contribution >= 4 is 17.3 Å². The van der Waals surface area contributed by atoms with Crippen molar-refractivity contribution in [1.29, 1.82) is 0 Å². The van der Waals surface area contributed by atoms with Gasteiger partial charge in [-0.05, 0) is 25.1 Å². The second-order valence-electron chi connectivity index (χ2n) is 3.84. The van der Waals surface area contributed by atoms with E-state index in [2.05, 4.69) is 20.3 Å². The second kappa shape index (κ2) is 5.08. The highest BCUT2D eigenvalue weighted by molar-refractivity contribution is 6.30. The van der Waals surface area contributed by atoms with E-state index < -0.39 is 11.7 Å². The molecule has 0 atom stereocenters. The Morgan fingerprint density at radius 2 is 2.05 bits per heavy atom. The van der Waals surface area contributed by atoms with Gasteiger partial charge in [-0.2, -0.15) is 13.2 Å². The number of nitrogens with zero attached hydrogens (tertiary/aromatic N) is 2. The summed E-state index contributed by atoms with van der Waals surface area (Å²) in [6.07, 6.45) is -4.48. The molecule has 0 aliphatic heterocycles. The Morgan fingerprint density at radius 3 is 2.63 bits per heavy atom. The monoisotopic (exact) mass is 291 g/mol. The first-order valence-electron chi connectivity index (χ1n) is 5.26. The molecule has 1 N–H and O–H groups in total. The predicted octanol–water partition coefficient (Wildman–Crippen LogP) is 3.66. The van der Waals surface area contributed by atoms with E-state index in [0.29, 0.717) is 11.4 Å². The molecule has 2 rings (SSSR count). The molecule has 2 aromatic rings. The summed E-state index contributed by atoms with van der Waals surface area (Å²) in [5.74, 6) is 0. The average molecular weight is 292 g/mol. The molecule has 0 fully saturated rings. The molecule has 0 amide bonds. The summed E-state index contributed by atoms with van der Waals surface area (Å²) in [6, 6.07) is 3.53. The van der Waals surface area contributed by atoms with E-state index >= 15 is 0 Å². The van der Waals surface area contributed by atoms with Crippen LogP contribution in [-0.4, -0.2) is 10.3 Å². The van der Waals surface area contributed by atoms with Gasteiger partial charge in [0.1, 0.15) is 11.4 Å². The van der Waals surface area contributed by atoms with Gasteiger partial charge in [0, 0.05) is 10.7 Å². The molecule has 0 unspecified atom stereocenters. The Hall–Kier alpha value is -1.76. The maximum atomic E-state index is 12.8. The summed E-state index contributed by atoms with van der Waals surface area (Å²) in [6.45, 7) is 1.74. The molecular formula is C11H9ClF3N3O. The summed E-state index contributed by atoms with van der Waals surface area (Å²) in [5, 5.41) is 9.80. The highest BCUT2D eigenvalue weighted by Crippen LogP contribution is 2.36. The normalized spacial score (nSPS) is 11.6. The highest BCUT2D eigenvalue weighted by atomic mass is 35.5. The lowest BCUT2D eigenvalue weighted by atomic mass is 10.1. The van der Waals surface area contributed by atoms with Crippen molar-refractivity contribution in [3.63, 3.8) is 0 Å². The lowest BCUT2D eigenvalue weighted by Gasteiger charge is -2.14. The highest BCUT2D eigenvalue weighted by Gasteiger charge is 2.33.